The van der Waals surface area contributed by atoms with Crippen LogP contribution >= 0.6 is 0 Å². The molecule has 1 aromatic carbocycles. The number of sulfonamides is 1. The first-order valence-corrected chi connectivity index (χ1v) is 8.97. The summed E-state index contributed by atoms with van der Waals surface area (Å²) in [5, 5.41) is 0. The second-order valence-corrected chi connectivity index (χ2v) is 6.84. The van der Waals surface area contributed by atoms with Gasteiger partial charge in [0.05, 0.1) is 4.90 Å². The van der Waals surface area contributed by atoms with Gasteiger partial charge in [0, 0.05) is 31.7 Å². The molecule has 0 atom stereocenters. The van der Waals surface area contributed by atoms with E-state index in [1.807, 2.05) is 0 Å². The van der Waals surface area contributed by atoms with Crippen LogP contribution in [0.5, 0.6) is 0 Å². The van der Waals surface area contributed by atoms with Crippen LogP contribution in [0.3, 0.4) is 0 Å². The summed E-state index contributed by atoms with van der Waals surface area (Å²) in [6, 6.07) is 6.14. The Kier molecular flexibility index (Phi) is 7.19. The molecular formula is C17H24N2O3S. The highest BCUT2D eigenvalue weighted by Gasteiger charge is 2.23. The van der Waals surface area contributed by atoms with Gasteiger partial charge in [-0.1, -0.05) is 32.1 Å². The van der Waals surface area contributed by atoms with E-state index in [9.17, 15) is 13.2 Å². The summed E-state index contributed by atoms with van der Waals surface area (Å²) >= 11 is 0. The lowest BCUT2D eigenvalue weighted by atomic mass is 10.2. The average Bonchev–Trinajstić information content (AvgIpc) is 2.55. The molecule has 0 aliphatic rings. The van der Waals surface area contributed by atoms with Crippen LogP contribution in [0.25, 0.3) is 0 Å². The maximum absolute atomic E-state index is 12.6. The molecule has 0 aliphatic heterocycles. The van der Waals surface area contributed by atoms with Crippen molar-refractivity contribution in [2.45, 2.75) is 18.7 Å². The standard InChI is InChI=1S/C17H24N2O3S/c1-5-12-18(13-6-2)17(20)15-10-9-11-16(14-15)23(21,22)19(7-3)8-4/h5-6,9-11,14H,1-2,7-8,12-13H2,3-4H3. The number of carbonyl (C=O) groups excluding carboxylic acids is 1. The van der Waals surface area contributed by atoms with Gasteiger partial charge in [0.2, 0.25) is 10.0 Å². The van der Waals surface area contributed by atoms with Crippen LogP contribution in [0.4, 0.5) is 0 Å². The van der Waals surface area contributed by atoms with E-state index in [1.54, 1.807) is 43.0 Å². The molecule has 0 aliphatic carbocycles. The van der Waals surface area contributed by atoms with Crippen molar-refractivity contribution in [1.29, 1.82) is 0 Å². The number of amides is 1. The second kappa shape index (κ2) is 8.64. The Bertz CT molecular complexity index is 654. The first-order chi connectivity index (χ1) is 10.9. The largest absolute Gasteiger partial charge is 0.331 e. The highest BCUT2D eigenvalue weighted by Crippen LogP contribution is 2.18. The summed E-state index contributed by atoms with van der Waals surface area (Å²) in [6.07, 6.45) is 3.25. The topological polar surface area (TPSA) is 57.7 Å². The van der Waals surface area contributed by atoms with E-state index in [0.29, 0.717) is 31.7 Å². The van der Waals surface area contributed by atoms with Crippen LogP contribution in [-0.4, -0.2) is 49.7 Å². The lowest BCUT2D eigenvalue weighted by Gasteiger charge is -2.21. The van der Waals surface area contributed by atoms with Crippen LogP contribution in [0.1, 0.15) is 24.2 Å². The van der Waals surface area contributed by atoms with Gasteiger partial charge in [-0.3, -0.25) is 4.79 Å². The molecule has 6 heteroatoms. The van der Waals surface area contributed by atoms with Crippen LogP contribution < -0.4 is 0 Å². The van der Waals surface area contributed by atoms with Crippen molar-refractivity contribution in [3.63, 3.8) is 0 Å². The highest BCUT2D eigenvalue weighted by atomic mass is 32.2. The smallest absolute Gasteiger partial charge is 0.254 e. The van der Waals surface area contributed by atoms with E-state index >= 15 is 0 Å². The summed E-state index contributed by atoms with van der Waals surface area (Å²) < 4.78 is 26.5. The Labute approximate surface area is 139 Å². The fraction of sp³-hybridized carbons (Fsp3) is 0.353. The quantitative estimate of drug-likeness (QED) is 0.651. The highest BCUT2D eigenvalue weighted by molar-refractivity contribution is 7.89. The zero-order valence-corrected chi connectivity index (χ0v) is 14.6. The van der Waals surface area contributed by atoms with Crippen LogP contribution in [-0.2, 0) is 10.0 Å². The number of carbonyl (C=O) groups is 1. The second-order valence-electron chi connectivity index (χ2n) is 4.90. The Morgan fingerprint density at radius 1 is 1.13 bits per heavy atom. The van der Waals surface area contributed by atoms with Crippen molar-refractivity contribution >= 4 is 15.9 Å². The Morgan fingerprint density at radius 3 is 2.17 bits per heavy atom. The molecule has 0 spiro atoms. The van der Waals surface area contributed by atoms with Gasteiger partial charge < -0.3 is 4.90 Å². The van der Waals surface area contributed by atoms with Gasteiger partial charge in [-0.05, 0) is 18.2 Å². The van der Waals surface area contributed by atoms with Crippen LogP contribution in [0.2, 0.25) is 0 Å². The lowest BCUT2D eigenvalue weighted by Crippen LogP contribution is -2.32. The van der Waals surface area contributed by atoms with Gasteiger partial charge in [-0.25, -0.2) is 8.42 Å². The molecule has 5 nitrogen and oxygen atoms in total. The van der Waals surface area contributed by atoms with E-state index in [2.05, 4.69) is 13.2 Å². The van der Waals surface area contributed by atoms with Gasteiger partial charge in [0.15, 0.2) is 0 Å². The minimum atomic E-state index is -3.59. The maximum atomic E-state index is 12.6. The molecule has 0 aromatic heterocycles. The number of nitrogens with zero attached hydrogens (tertiary/aromatic N) is 2. The van der Waals surface area contributed by atoms with Crippen molar-refractivity contribution in [2.24, 2.45) is 0 Å². The first-order valence-electron chi connectivity index (χ1n) is 7.53. The zero-order chi connectivity index (χ0) is 17.5. The molecule has 0 N–H and O–H groups in total. The van der Waals surface area contributed by atoms with Crippen LogP contribution in [0.15, 0.2) is 54.5 Å². The number of benzene rings is 1. The van der Waals surface area contributed by atoms with Crippen molar-refractivity contribution in [1.82, 2.24) is 9.21 Å². The van der Waals surface area contributed by atoms with Crippen molar-refractivity contribution in [3.05, 3.63) is 55.1 Å². The van der Waals surface area contributed by atoms with E-state index in [-0.39, 0.29) is 10.8 Å². The fourth-order valence-electron chi connectivity index (χ4n) is 2.24. The molecule has 126 valence electrons. The monoisotopic (exact) mass is 336 g/mol. The molecular weight excluding hydrogens is 312 g/mol. The molecule has 1 amide bonds. The normalized spacial score (nSPS) is 11.3. The predicted octanol–water partition coefficient (Wildman–Crippen LogP) is 2.53. The van der Waals surface area contributed by atoms with E-state index in [0.717, 1.165) is 0 Å². The van der Waals surface area contributed by atoms with Crippen LogP contribution in [0, 0.1) is 0 Å². The van der Waals surface area contributed by atoms with E-state index in [4.69, 9.17) is 0 Å². The molecule has 0 unspecified atom stereocenters. The summed E-state index contributed by atoms with van der Waals surface area (Å²) in [5.74, 6) is -0.249. The van der Waals surface area contributed by atoms with Crippen molar-refractivity contribution in [3.8, 4) is 0 Å². The molecule has 23 heavy (non-hydrogen) atoms. The molecule has 0 saturated heterocycles. The Balaban J connectivity index is 3.20. The number of hydrogen-bond donors (Lipinski definition) is 0. The van der Waals surface area contributed by atoms with Gasteiger partial charge in [-0.15, -0.1) is 13.2 Å². The summed E-state index contributed by atoms with van der Waals surface area (Å²) in [7, 11) is -3.59. The SMILES string of the molecule is C=CCN(CC=C)C(=O)c1cccc(S(=O)(=O)N(CC)CC)c1. The number of hydrogen-bond acceptors (Lipinski definition) is 3. The number of rotatable bonds is 9. The minimum Gasteiger partial charge on any atom is -0.331 e. The van der Waals surface area contributed by atoms with Gasteiger partial charge >= 0.3 is 0 Å². The van der Waals surface area contributed by atoms with Crippen molar-refractivity contribution in [2.75, 3.05) is 26.2 Å². The summed E-state index contributed by atoms with van der Waals surface area (Å²) in [6.45, 7) is 12.3. The average molecular weight is 336 g/mol. The lowest BCUT2D eigenvalue weighted by molar-refractivity contribution is 0.0790. The minimum absolute atomic E-state index is 0.129. The molecule has 1 rings (SSSR count). The Morgan fingerprint density at radius 2 is 1.70 bits per heavy atom. The predicted molar refractivity (Wildman–Crippen MR) is 92.8 cm³/mol. The summed E-state index contributed by atoms with van der Waals surface area (Å²) in [5.41, 5.74) is 0.335. The molecule has 0 bridgehead atoms. The third-order valence-electron chi connectivity index (χ3n) is 3.41. The fourth-order valence-corrected chi connectivity index (χ4v) is 3.74. The third kappa shape index (κ3) is 4.53. The zero-order valence-electron chi connectivity index (χ0n) is 13.7. The van der Waals surface area contributed by atoms with E-state index < -0.39 is 10.0 Å². The third-order valence-corrected chi connectivity index (χ3v) is 5.46. The molecule has 0 fully saturated rings. The molecule has 0 saturated carbocycles. The van der Waals surface area contributed by atoms with Gasteiger partial charge in [0.1, 0.15) is 0 Å². The van der Waals surface area contributed by atoms with E-state index in [1.165, 1.54) is 16.4 Å². The maximum Gasteiger partial charge on any atom is 0.254 e. The van der Waals surface area contributed by atoms with Crippen molar-refractivity contribution < 1.29 is 13.2 Å². The molecule has 1 aromatic rings. The molecule has 0 radical (unpaired) electrons. The summed E-state index contributed by atoms with van der Waals surface area (Å²) in [4.78, 5) is 14.2. The Hall–Kier alpha value is -1.92. The first kappa shape index (κ1) is 19.1. The molecule has 0 heterocycles. The van der Waals surface area contributed by atoms with Gasteiger partial charge in [0.25, 0.3) is 5.91 Å². The van der Waals surface area contributed by atoms with Gasteiger partial charge in [-0.2, -0.15) is 4.31 Å².